The van der Waals surface area contributed by atoms with Crippen molar-refractivity contribution in [1.82, 2.24) is 0 Å². The van der Waals surface area contributed by atoms with Crippen molar-refractivity contribution in [3.8, 4) is 5.75 Å². The zero-order valence-corrected chi connectivity index (χ0v) is 21.4. The SMILES string of the molecule is C=CCOc1ccc2cc(CCC3CCC(C4CCC(CCCCC)CC4)CC3)ccc2c1F. The van der Waals surface area contributed by atoms with Crippen LogP contribution in [0.4, 0.5) is 4.39 Å². The van der Waals surface area contributed by atoms with Gasteiger partial charge in [-0.3, -0.25) is 0 Å². The Morgan fingerprint density at radius 1 is 0.882 bits per heavy atom. The fraction of sp³-hybridized carbons (Fsp3) is 0.625. The number of hydrogen-bond donors (Lipinski definition) is 0. The largest absolute Gasteiger partial charge is 0.486 e. The second-order valence-corrected chi connectivity index (χ2v) is 11.1. The number of fused-ring (bicyclic) bond motifs is 1. The summed E-state index contributed by atoms with van der Waals surface area (Å²) in [5.74, 6) is 3.94. The fourth-order valence-corrected chi connectivity index (χ4v) is 6.69. The minimum absolute atomic E-state index is 0.265. The van der Waals surface area contributed by atoms with Gasteiger partial charge in [0.1, 0.15) is 6.61 Å². The number of hydrogen-bond acceptors (Lipinski definition) is 1. The van der Waals surface area contributed by atoms with Crippen LogP contribution in [0.15, 0.2) is 43.0 Å². The second-order valence-electron chi connectivity index (χ2n) is 11.1. The molecule has 34 heavy (non-hydrogen) atoms. The van der Waals surface area contributed by atoms with Crippen molar-refractivity contribution in [3.63, 3.8) is 0 Å². The van der Waals surface area contributed by atoms with Crippen LogP contribution in [0.1, 0.15) is 96.0 Å². The molecular weight excluding hydrogens is 419 g/mol. The Balaban J connectivity index is 1.21. The summed E-state index contributed by atoms with van der Waals surface area (Å²) in [5.41, 5.74) is 1.33. The summed E-state index contributed by atoms with van der Waals surface area (Å²) in [6, 6.07) is 9.92. The van der Waals surface area contributed by atoms with Gasteiger partial charge in [0, 0.05) is 5.39 Å². The van der Waals surface area contributed by atoms with Crippen molar-refractivity contribution in [2.24, 2.45) is 23.7 Å². The van der Waals surface area contributed by atoms with E-state index < -0.39 is 0 Å². The Morgan fingerprint density at radius 2 is 1.56 bits per heavy atom. The van der Waals surface area contributed by atoms with Crippen LogP contribution < -0.4 is 4.74 Å². The molecule has 2 aliphatic rings. The molecule has 0 aliphatic heterocycles. The lowest BCUT2D eigenvalue weighted by atomic mass is 9.68. The molecule has 4 rings (SSSR count). The van der Waals surface area contributed by atoms with E-state index in [1.165, 1.54) is 89.0 Å². The molecule has 0 spiro atoms. The van der Waals surface area contributed by atoms with Crippen molar-refractivity contribution < 1.29 is 9.13 Å². The molecular formula is C32H45FO. The lowest BCUT2D eigenvalue weighted by molar-refractivity contribution is 0.140. The highest BCUT2D eigenvalue weighted by atomic mass is 19.1. The molecule has 2 aromatic carbocycles. The van der Waals surface area contributed by atoms with Crippen molar-refractivity contribution in [1.29, 1.82) is 0 Å². The molecule has 0 saturated heterocycles. The molecule has 0 heterocycles. The molecule has 2 fully saturated rings. The zero-order chi connectivity index (χ0) is 23.8. The highest BCUT2D eigenvalue weighted by Crippen LogP contribution is 2.43. The standard InChI is InChI=1S/C32H45FO/c1-3-5-6-7-24-10-15-27(16-11-24)28-17-12-25(13-18-28)8-9-26-14-20-30-29(23-26)19-21-31(32(30)33)34-22-4-2/h4,14,19-21,23-25,27-28H,2-3,5-13,15-18,22H2,1H3. The van der Waals surface area contributed by atoms with Crippen LogP contribution in [0.2, 0.25) is 0 Å². The quantitative estimate of drug-likeness (QED) is 0.237. The van der Waals surface area contributed by atoms with E-state index in [0.717, 1.165) is 35.5 Å². The number of ether oxygens (including phenoxy) is 1. The van der Waals surface area contributed by atoms with Gasteiger partial charge in [-0.25, -0.2) is 4.39 Å². The summed E-state index contributed by atoms with van der Waals surface area (Å²) >= 11 is 0. The van der Waals surface area contributed by atoms with Crippen LogP contribution in [0, 0.1) is 29.5 Å². The highest BCUT2D eigenvalue weighted by Gasteiger charge is 2.30. The van der Waals surface area contributed by atoms with Crippen LogP contribution in [0.5, 0.6) is 5.75 Å². The van der Waals surface area contributed by atoms with Gasteiger partial charge in [0.25, 0.3) is 0 Å². The summed E-state index contributed by atoms with van der Waals surface area (Å²) in [6.07, 6.45) is 21.4. The van der Waals surface area contributed by atoms with Crippen LogP contribution >= 0.6 is 0 Å². The van der Waals surface area contributed by atoms with Gasteiger partial charge >= 0.3 is 0 Å². The first-order valence-electron chi connectivity index (χ1n) is 14.1. The van der Waals surface area contributed by atoms with Crippen LogP contribution in [0.25, 0.3) is 10.8 Å². The molecule has 2 aliphatic carbocycles. The van der Waals surface area contributed by atoms with Crippen LogP contribution in [-0.2, 0) is 6.42 Å². The zero-order valence-electron chi connectivity index (χ0n) is 21.4. The first-order valence-corrected chi connectivity index (χ1v) is 14.1. The molecule has 186 valence electrons. The Kier molecular flexibility index (Phi) is 9.48. The minimum Gasteiger partial charge on any atom is -0.486 e. The maximum atomic E-state index is 14.7. The number of unbranched alkanes of at least 4 members (excludes halogenated alkanes) is 2. The van der Waals surface area contributed by atoms with E-state index in [9.17, 15) is 4.39 Å². The molecule has 0 aromatic heterocycles. The molecule has 0 N–H and O–H groups in total. The molecule has 1 nitrogen and oxygen atoms in total. The molecule has 0 amide bonds. The smallest absolute Gasteiger partial charge is 0.172 e. The fourth-order valence-electron chi connectivity index (χ4n) is 6.69. The van der Waals surface area contributed by atoms with Crippen LogP contribution in [0.3, 0.4) is 0 Å². The van der Waals surface area contributed by atoms with Gasteiger partial charge in [-0.05, 0) is 79.2 Å². The average Bonchev–Trinajstić information content (AvgIpc) is 2.88. The summed E-state index contributed by atoms with van der Waals surface area (Å²) in [7, 11) is 0. The van der Waals surface area contributed by atoms with Crippen LogP contribution in [-0.4, -0.2) is 6.61 Å². The molecule has 2 aromatic rings. The summed E-state index contributed by atoms with van der Waals surface area (Å²) in [6.45, 7) is 6.27. The Hall–Kier alpha value is -1.83. The molecule has 0 radical (unpaired) electrons. The summed E-state index contributed by atoms with van der Waals surface area (Å²) in [4.78, 5) is 0. The monoisotopic (exact) mass is 464 g/mol. The van der Waals surface area contributed by atoms with Gasteiger partial charge in [-0.2, -0.15) is 0 Å². The van der Waals surface area contributed by atoms with E-state index in [1.54, 1.807) is 12.1 Å². The number of aryl methyl sites for hydroxylation is 1. The first-order chi connectivity index (χ1) is 16.7. The van der Waals surface area contributed by atoms with Gasteiger partial charge in [0.05, 0.1) is 0 Å². The summed E-state index contributed by atoms with van der Waals surface area (Å²) < 4.78 is 20.2. The van der Waals surface area contributed by atoms with Crippen molar-refractivity contribution >= 4 is 10.8 Å². The van der Waals surface area contributed by atoms with E-state index in [0.29, 0.717) is 17.7 Å². The predicted molar refractivity (Wildman–Crippen MR) is 143 cm³/mol. The third kappa shape index (κ3) is 6.64. The lowest BCUT2D eigenvalue weighted by Gasteiger charge is -2.38. The lowest BCUT2D eigenvalue weighted by Crippen LogP contribution is -2.26. The molecule has 0 bridgehead atoms. The van der Waals surface area contributed by atoms with E-state index in [4.69, 9.17) is 4.74 Å². The van der Waals surface area contributed by atoms with E-state index in [-0.39, 0.29) is 5.82 Å². The average molecular weight is 465 g/mol. The highest BCUT2D eigenvalue weighted by molar-refractivity contribution is 5.85. The molecule has 0 unspecified atom stereocenters. The normalized spacial score (nSPS) is 25.4. The molecule has 2 saturated carbocycles. The maximum absolute atomic E-state index is 14.7. The third-order valence-corrected chi connectivity index (χ3v) is 8.85. The Morgan fingerprint density at radius 3 is 2.21 bits per heavy atom. The first kappa shape index (κ1) is 25.3. The van der Waals surface area contributed by atoms with Gasteiger partial charge in [0.2, 0.25) is 0 Å². The van der Waals surface area contributed by atoms with E-state index in [1.807, 2.05) is 12.1 Å². The molecule has 2 heteroatoms. The maximum Gasteiger partial charge on any atom is 0.172 e. The summed E-state index contributed by atoms with van der Waals surface area (Å²) in [5, 5.41) is 1.61. The topological polar surface area (TPSA) is 9.23 Å². The Bertz CT molecular complexity index is 903. The number of benzene rings is 2. The van der Waals surface area contributed by atoms with Gasteiger partial charge < -0.3 is 4.74 Å². The van der Waals surface area contributed by atoms with E-state index >= 15 is 0 Å². The Labute approximate surface area is 207 Å². The van der Waals surface area contributed by atoms with E-state index in [2.05, 4.69) is 25.6 Å². The second kappa shape index (κ2) is 12.8. The predicted octanol–water partition coefficient (Wildman–Crippen LogP) is 9.67. The van der Waals surface area contributed by atoms with Gasteiger partial charge in [-0.15, -0.1) is 0 Å². The number of rotatable bonds is 11. The van der Waals surface area contributed by atoms with Crippen molar-refractivity contribution in [2.75, 3.05) is 6.61 Å². The third-order valence-electron chi connectivity index (χ3n) is 8.85. The van der Waals surface area contributed by atoms with Crippen molar-refractivity contribution in [2.45, 2.75) is 96.8 Å². The van der Waals surface area contributed by atoms with Gasteiger partial charge in [0.15, 0.2) is 11.6 Å². The minimum atomic E-state index is -0.265. The molecule has 0 atom stereocenters. The number of halogens is 1. The van der Waals surface area contributed by atoms with Gasteiger partial charge in [-0.1, -0.05) is 95.2 Å². The van der Waals surface area contributed by atoms with Crippen molar-refractivity contribution in [3.05, 3.63) is 54.4 Å².